The number of nitrogens with zero attached hydrogens (tertiary/aromatic N) is 2. The fourth-order valence-electron chi connectivity index (χ4n) is 3.50. The summed E-state index contributed by atoms with van der Waals surface area (Å²) < 4.78 is 5.28. The molecule has 1 atom stereocenters. The summed E-state index contributed by atoms with van der Waals surface area (Å²) in [6, 6.07) is 11.8. The Bertz CT molecular complexity index is 1020. The van der Waals surface area contributed by atoms with Crippen LogP contribution < -0.4 is 10.1 Å². The number of carbonyl (C=O) groups excluding carboxylic acids is 2. The van der Waals surface area contributed by atoms with Crippen molar-refractivity contribution in [3.8, 4) is 5.75 Å². The number of aromatic amines is 1. The molecule has 1 aliphatic heterocycles. The monoisotopic (exact) mass is 398 g/mol. The number of anilines is 1. The van der Waals surface area contributed by atoms with Crippen molar-refractivity contribution in [3.63, 3.8) is 0 Å². The van der Waals surface area contributed by atoms with E-state index in [0.717, 1.165) is 17.5 Å². The van der Waals surface area contributed by atoms with Crippen molar-refractivity contribution >= 4 is 40.4 Å². The Labute approximate surface area is 166 Å². The molecule has 0 saturated carbocycles. The lowest BCUT2D eigenvalue weighted by atomic mass is 10.1. The number of nitrogens with one attached hydrogen (secondary N) is 2. The highest BCUT2D eigenvalue weighted by atomic mass is 35.5. The first-order valence-electron chi connectivity index (χ1n) is 8.97. The van der Waals surface area contributed by atoms with Crippen molar-refractivity contribution in [2.75, 3.05) is 19.0 Å². The molecular formula is C20H19ClN4O3. The maximum atomic E-state index is 13.1. The predicted octanol–water partition coefficient (Wildman–Crippen LogP) is 3.47. The Kier molecular flexibility index (Phi) is 4.92. The van der Waals surface area contributed by atoms with Crippen molar-refractivity contribution in [3.05, 3.63) is 53.1 Å². The van der Waals surface area contributed by atoms with Crippen LogP contribution >= 0.6 is 11.6 Å². The first-order valence-corrected chi connectivity index (χ1v) is 9.35. The number of amides is 2. The fraction of sp³-hybridized carbons (Fsp3) is 0.250. The molecule has 2 N–H and O–H groups in total. The first kappa shape index (κ1) is 18.3. The van der Waals surface area contributed by atoms with Gasteiger partial charge in [-0.25, -0.2) is 4.98 Å². The molecule has 0 bridgehead atoms. The van der Waals surface area contributed by atoms with Crippen LogP contribution in [-0.4, -0.2) is 46.4 Å². The highest BCUT2D eigenvalue weighted by Gasteiger charge is 2.36. The summed E-state index contributed by atoms with van der Waals surface area (Å²) in [5.41, 5.74) is 1.94. The number of imidazole rings is 1. The average Bonchev–Trinajstić information content (AvgIpc) is 3.33. The van der Waals surface area contributed by atoms with Gasteiger partial charge in [-0.05, 0) is 43.2 Å². The molecule has 28 heavy (non-hydrogen) atoms. The molecule has 2 heterocycles. The van der Waals surface area contributed by atoms with Gasteiger partial charge in [0.2, 0.25) is 11.9 Å². The Balaban J connectivity index is 1.55. The maximum absolute atomic E-state index is 13.1. The van der Waals surface area contributed by atoms with Gasteiger partial charge in [0.1, 0.15) is 11.8 Å². The molecule has 2 amide bonds. The van der Waals surface area contributed by atoms with Crippen LogP contribution in [0.5, 0.6) is 5.75 Å². The van der Waals surface area contributed by atoms with E-state index in [1.165, 1.54) is 7.11 Å². The van der Waals surface area contributed by atoms with E-state index >= 15 is 0 Å². The van der Waals surface area contributed by atoms with Crippen molar-refractivity contribution in [1.82, 2.24) is 14.9 Å². The summed E-state index contributed by atoms with van der Waals surface area (Å²) in [7, 11) is 1.50. The van der Waals surface area contributed by atoms with Crippen LogP contribution in [0.2, 0.25) is 5.02 Å². The standard InChI is InChI=1S/C20H19ClN4O3/c1-28-17-9-8-12(21)11-13(17)19(27)25-10-4-7-16(25)18(26)24-20-22-14-5-2-3-6-15(14)23-20/h2-3,5-6,8-9,11,16H,4,7,10H2,1H3,(H2,22,23,24,26). The highest BCUT2D eigenvalue weighted by molar-refractivity contribution is 6.31. The largest absolute Gasteiger partial charge is 0.496 e. The number of ether oxygens (including phenoxy) is 1. The van der Waals surface area contributed by atoms with Crippen LogP contribution in [0.1, 0.15) is 23.2 Å². The minimum absolute atomic E-state index is 0.272. The van der Waals surface area contributed by atoms with Gasteiger partial charge >= 0.3 is 0 Å². The minimum atomic E-state index is -0.579. The number of hydrogen-bond donors (Lipinski definition) is 2. The number of halogens is 1. The second-order valence-corrected chi connectivity index (χ2v) is 7.03. The van der Waals surface area contributed by atoms with Gasteiger partial charge in [-0.3, -0.25) is 14.9 Å². The van der Waals surface area contributed by atoms with Crippen molar-refractivity contribution in [1.29, 1.82) is 0 Å². The van der Waals surface area contributed by atoms with Gasteiger partial charge in [0.15, 0.2) is 0 Å². The summed E-state index contributed by atoms with van der Waals surface area (Å²) >= 11 is 6.05. The zero-order valence-corrected chi connectivity index (χ0v) is 16.0. The molecule has 1 aliphatic rings. The molecule has 1 fully saturated rings. The van der Waals surface area contributed by atoms with E-state index in [1.807, 2.05) is 24.3 Å². The number of fused-ring (bicyclic) bond motifs is 1. The average molecular weight is 399 g/mol. The number of methoxy groups -OCH3 is 1. The van der Waals surface area contributed by atoms with E-state index < -0.39 is 6.04 Å². The first-order chi connectivity index (χ1) is 13.6. The van der Waals surface area contributed by atoms with E-state index in [0.29, 0.717) is 35.2 Å². The van der Waals surface area contributed by atoms with Crippen LogP contribution in [0.3, 0.4) is 0 Å². The highest BCUT2D eigenvalue weighted by Crippen LogP contribution is 2.28. The van der Waals surface area contributed by atoms with Crippen LogP contribution in [0.25, 0.3) is 11.0 Å². The van der Waals surface area contributed by atoms with Gasteiger partial charge in [-0.2, -0.15) is 0 Å². The molecule has 8 heteroatoms. The lowest BCUT2D eigenvalue weighted by molar-refractivity contribution is -0.119. The number of benzene rings is 2. The quantitative estimate of drug-likeness (QED) is 0.704. The summed E-state index contributed by atoms with van der Waals surface area (Å²) in [5, 5.41) is 3.23. The van der Waals surface area contributed by atoms with Gasteiger partial charge in [0, 0.05) is 11.6 Å². The Morgan fingerprint density at radius 2 is 2.11 bits per heavy atom. The summed E-state index contributed by atoms with van der Waals surface area (Å²) in [6.45, 7) is 0.493. The molecule has 0 spiro atoms. The van der Waals surface area contributed by atoms with E-state index in [1.54, 1.807) is 23.1 Å². The third kappa shape index (κ3) is 3.41. The topological polar surface area (TPSA) is 87.3 Å². The summed E-state index contributed by atoms with van der Waals surface area (Å²) in [5.74, 6) is 0.246. The predicted molar refractivity (Wildman–Crippen MR) is 107 cm³/mol. The van der Waals surface area contributed by atoms with E-state index in [2.05, 4.69) is 15.3 Å². The lowest BCUT2D eigenvalue weighted by Crippen LogP contribution is -2.43. The van der Waals surface area contributed by atoms with Gasteiger partial charge in [0.05, 0.1) is 23.7 Å². The maximum Gasteiger partial charge on any atom is 0.258 e. The van der Waals surface area contributed by atoms with Crippen LogP contribution in [-0.2, 0) is 4.79 Å². The summed E-state index contributed by atoms with van der Waals surface area (Å²) in [4.78, 5) is 34.9. The van der Waals surface area contributed by atoms with Gasteiger partial charge < -0.3 is 14.6 Å². The van der Waals surface area contributed by atoms with E-state index in [4.69, 9.17) is 16.3 Å². The Hall–Kier alpha value is -3.06. The van der Waals surface area contributed by atoms with E-state index in [-0.39, 0.29) is 11.8 Å². The zero-order valence-electron chi connectivity index (χ0n) is 15.2. The lowest BCUT2D eigenvalue weighted by Gasteiger charge is -2.24. The molecule has 3 aromatic rings. The third-order valence-electron chi connectivity index (χ3n) is 4.84. The molecular weight excluding hydrogens is 380 g/mol. The number of likely N-dealkylation sites (tertiary alicyclic amines) is 1. The van der Waals surface area contributed by atoms with Gasteiger partial charge in [-0.1, -0.05) is 23.7 Å². The van der Waals surface area contributed by atoms with E-state index in [9.17, 15) is 9.59 Å². The van der Waals surface area contributed by atoms with Crippen molar-refractivity contribution in [2.24, 2.45) is 0 Å². The molecule has 2 aromatic carbocycles. The summed E-state index contributed by atoms with van der Waals surface area (Å²) in [6.07, 6.45) is 1.33. The number of H-pyrrole nitrogens is 1. The van der Waals surface area contributed by atoms with Gasteiger partial charge in [-0.15, -0.1) is 0 Å². The van der Waals surface area contributed by atoms with Crippen LogP contribution in [0.4, 0.5) is 5.95 Å². The van der Waals surface area contributed by atoms with Crippen molar-refractivity contribution in [2.45, 2.75) is 18.9 Å². The number of carbonyl (C=O) groups is 2. The zero-order chi connectivity index (χ0) is 19.7. The minimum Gasteiger partial charge on any atom is -0.496 e. The molecule has 0 radical (unpaired) electrons. The smallest absolute Gasteiger partial charge is 0.258 e. The second-order valence-electron chi connectivity index (χ2n) is 6.59. The molecule has 144 valence electrons. The fourth-order valence-corrected chi connectivity index (χ4v) is 3.67. The SMILES string of the molecule is COc1ccc(Cl)cc1C(=O)N1CCCC1C(=O)Nc1nc2ccccc2[nH]1. The number of hydrogen-bond acceptors (Lipinski definition) is 4. The molecule has 4 rings (SSSR count). The Morgan fingerprint density at radius 3 is 2.89 bits per heavy atom. The molecule has 1 unspecified atom stereocenters. The normalized spacial score (nSPS) is 16.4. The third-order valence-corrected chi connectivity index (χ3v) is 5.07. The van der Waals surface area contributed by atoms with Gasteiger partial charge in [0.25, 0.3) is 5.91 Å². The molecule has 1 saturated heterocycles. The number of aromatic nitrogens is 2. The number of para-hydroxylation sites is 2. The van der Waals surface area contributed by atoms with Crippen LogP contribution in [0.15, 0.2) is 42.5 Å². The molecule has 0 aliphatic carbocycles. The van der Waals surface area contributed by atoms with Crippen molar-refractivity contribution < 1.29 is 14.3 Å². The molecule has 1 aromatic heterocycles. The Morgan fingerprint density at radius 1 is 1.29 bits per heavy atom. The second kappa shape index (κ2) is 7.52. The number of rotatable bonds is 4. The molecule has 7 nitrogen and oxygen atoms in total. The van der Waals surface area contributed by atoms with Crippen LogP contribution in [0, 0.1) is 0 Å².